The van der Waals surface area contributed by atoms with E-state index in [1.54, 1.807) is 6.21 Å². The number of allylic oxidation sites excluding steroid dienone is 1. The molecule has 0 amide bonds. The second-order valence-corrected chi connectivity index (χ2v) is 11.2. The van der Waals surface area contributed by atoms with Crippen molar-refractivity contribution in [2.24, 2.45) is 10.7 Å². The Morgan fingerprint density at radius 1 is 0.634 bits per heavy atom. The minimum atomic E-state index is 0.248. The van der Waals surface area contributed by atoms with Gasteiger partial charge in [-0.3, -0.25) is 9.80 Å². The third-order valence-electron chi connectivity index (χ3n) is 8.36. The van der Waals surface area contributed by atoms with E-state index < -0.39 is 0 Å². The Morgan fingerprint density at radius 2 is 1.07 bits per heavy atom. The number of aliphatic hydroxyl groups is 2. The number of aliphatic imine (C=N–C) groups is 1. The zero-order chi connectivity index (χ0) is 29.1. The number of ether oxygens (including phenoxy) is 2. The first-order valence-corrected chi connectivity index (χ1v) is 15.8. The highest BCUT2D eigenvalue weighted by Gasteiger charge is 2.22. The molecule has 3 heterocycles. The summed E-state index contributed by atoms with van der Waals surface area (Å²) in [6.45, 7) is 21.8. The van der Waals surface area contributed by atoms with Crippen molar-refractivity contribution in [3.63, 3.8) is 0 Å². The lowest BCUT2D eigenvalue weighted by molar-refractivity contribution is 0.0727. The van der Waals surface area contributed by atoms with E-state index in [0.29, 0.717) is 13.2 Å². The summed E-state index contributed by atoms with van der Waals surface area (Å²) in [6.07, 6.45) is 3.88. The highest BCUT2D eigenvalue weighted by atomic mass is 16.5. The Hall–Kier alpha value is -1.35. The first-order valence-electron chi connectivity index (χ1n) is 15.8. The largest absolute Gasteiger partial charge is 0.395 e. The van der Waals surface area contributed by atoms with Crippen LogP contribution in [-0.2, 0) is 9.47 Å². The fourth-order valence-electron chi connectivity index (χ4n) is 5.79. The highest BCUT2D eigenvalue weighted by Crippen LogP contribution is 2.20. The standard InChI is InChI=1S/C29H58N8O4/c1-28-29(31-5-4-30)37(21-27-41-25-3-7-33-10-14-35(15-11-33)19-23-39)17-16-36(28)20-26-40-24-2-6-32-8-12-34(13-9-32)18-22-38/h5,38-39H,2-4,6-27,30H2,1H3. The minimum Gasteiger partial charge on any atom is -0.395 e. The van der Waals surface area contributed by atoms with Crippen molar-refractivity contribution in [3.05, 3.63) is 11.5 Å². The fourth-order valence-corrected chi connectivity index (χ4v) is 5.79. The number of aliphatic hydroxyl groups excluding tert-OH is 2. The van der Waals surface area contributed by atoms with Crippen LogP contribution in [-0.4, -0.2) is 197 Å². The fraction of sp³-hybridized carbons (Fsp3) is 0.897. The first-order chi connectivity index (χ1) is 20.1. The summed E-state index contributed by atoms with van der Waals surface area (Å²) in [5.41, 5.74) is 6.90. The molecule has 0 unspecified atom stereocenters. The Balaban J connectivity index is 1.28. The van der Waals surface area contributed by atoms with Crippen LogP contribution in [0, 0.1) is 0 Å². The Bertz CT molecular complexity index is 742. The zero-order valence-corrected chi connectivity index (χ0v) is 25.7. The molecular formula is C29H58N8O4. The van der Waals surface area contributed by atoms with Crippen LogP contribution in [0.4, 0.5) is 0 Å². The summed E-state index contributed by atoms with van der Waals surface area (Å²) in [5, 5.41) is 18.2. The van der Waals surface area contributed by atoms with E-state index >= 15 is 0 Å². The number of rotatable bonds is 20. The number of nitrogens with zero attached hydrogens (tertiary/aromatic N) is 7. The van der Waals surface area contributed by atoms with Crippen LogP contribution in [0.1, 0.15) is 19.8 Å². The maximum atomic E-state index is 9.09. The predicted molar refractivity (Wildman–Crippen MR) is 164 cm³/mol. The van der Waals surface area contributed by atoms with Gasteiger partial charge in [0.1, 0.15) is 5.82 Å². The lowest BCUT2D eigenvalue weighted by Crippen LogP contribution is -2.47. The van der Waals surface area contributed by atoms with Crippen molar-refractivity contribution in [1.82, 2.24) is 29.4 Å². The van der Waals surface area contributed by atoms with E-state index in [9.17, 15) is 0 Å². The van der Waals surface area contributed by atoms with Gasteiger partial charge in [-0.25, -0.2) is 4.99 Å². The van der Waals surface area contributed by atoms with Crippen LogP contribution in [0.25, 0.3) is 0 Å². The molecule has 0 atom stereocenters. The molecule has 2 fully saturated rings. The third-order valence-corrected chi connectivity index (χ3v) is 8.36. The number of nitrogens with two attached hydrogens (primary N) is 1. The van der Waals surface area contributed by atoms with Gasteiger partial charge in [-0.15, -0.1) is 0 Å². The highest BCUT2D eigenvalue weighted by molar-refractivity contribution is 5.61. The molecule has 0 aliphatic carbocycles. The van der Waals surface area contributed by atoms with Gasteiger partial charge in [0.05, 0.1) is 32.1 Å². The topological polar surface area (TPSA) is 117 Å². The third kappa shape index (κ3) is 12.8. The average Bonchev–Trinajstić information content (AvgIpc) is 2.99. The van der Waals surface area contributed by atoms with E-state index in [2.05, 4.69) is 36.3 Å². The van der Waals surface area contributed by atoms with Crippen molar-refractivity contribution >= 4 is 6.21 Å². The average molecular weight is 583 g/mol. The second kappa shape index (κ2) is 20.5. The summed E-state index contributed by atoms with van der Waals surface area (Å²) < 4.78 is 12.0. The van der Waals surface area contributed by atoms with Crippen molar-refractivity contribution in [3.8, 4) is 0 Å². The van der Waals surface area contributed by atoms with Crippen LogP contribution >= 0.6 is 0 Å². The van der Waals surface area contributed by atoms with Gasteiger partial charge >= 0.3 is 0 Å². The van der Waals surface area contributed by atoms with Gasteiger partial charge in [0.15, 0.2) is 0 Å². The molecule has 0 radical (unpaired) electrons. The molecule has 0 saturated carbocycles. The first kappa shape index (κ1) is 34.1. The van der Waals surface area contributed by atoms with E-state index in [1.807, 2.05) is 0 Å². The molecule has 12 heteroatoms. The van der Waals surface area contributed by atoms with Gasteiger partial charge in [-0.1, -0.05) is 0 Å². The van der Waals surface area contributed by atoms with Gasteiger partial charge < -0.3 is 45.0 Å². The molecular weight excluding hydrogens is 524 g/mol. The van der Waals surface area contributed by atoms with Crippen molar-refractivity contribution in [1.29, 1.82) is 0 Å². The zero-order valence-electron chi connectivity index (χ0n) is 25.7. The number of β-amino-alcohol motifs (C(OH)–C–C–N with tert-alkyl or cyclic N) is 2. The number of piperazine rings is 2. The quantitative estimate of drug-likeness (QED) is 0.119. The Labute approximate surface area is 248 Å². The number of hydrogen-bond donors (Lipinski definition) is 3. The van der Waals surface area contributed by atoms with Gasteiger partial charge in [-0.05, 0) is 19.8 Å². The van der Waals surface area contributed by atoms with Crippen LogP contribution in [0.2, 0.25) is 0 Å². The maximum Gasteiger partial charge on any atom is 0.147 e. The Kier molecular flexibility index (Phi) is 17.1. The van der Waals surface area contributed by atoms with Crippen molar-refractivity contribution < 1.29 is 19.7 Å². The normalized spacial score (nSPS) is 20.7. The molecule has 238 valence electrons. The Morgan fingerprint density at radius 3 is 1.54 bits per heavy atom. The van der Waals surface area contributed by atoms with Crippen LogP contribution < -0.4 is 5.73 Å². The lowest BCUT2D eigenvalue weighted by Gasteiger charge is -2.38. The summed E-state index contributed by atoms with van der Waals surface area (Å²) in [4.78, 5) is 19.0. The summed E-state index contributed by atoms with van der Waals surface area (Å²) >= 11 is 0. The van der Waals surface area contributed by atoms with Gasteiger partial charge in [0.2, 0.25) is 0 Å². The minimum absolute atomic E-state index is 0.248. The molecule has 4 N–H and O–H groups in total. The molecule has 0 spiro atoms. The van der Waals surface area contributed by atoms with Gasteiger partial charge in [-0.2, -0.15) is 0 Å². The van der Waals surface area contributed by atoms with Gasteiger partial charge in [0.25, 0.3) is 0 Å². The van der Waals surface area contributed by atoms with Gasteiger partial charge in [0, 0.05) is 131 Å². The molecule has 0 bridgehead atoms. The van der Waals surface area contributed by atoms with Crippen molar-refractivity contribution in [2.75, 3.05) is 151 Å². The second-order valence-electron chi connectivity index (χ2n) is 11.2. The van der Waals surface area contributed by atoms with Crippen LogP contribution in [0.15, 0.2) is 16.5 Å². The summed E-state index contributed by atoms with van der Waals surface area (Å²) in [7, 11) is 0. The lowest BCUT2D eigenvalue weighted by atomic mass is 10.2. The van der Waals surface area contributed by atoms with Crippen LogP contribution in [0.3, 0.4) is 0 Å². The van der Waals surface area contributed by atoms with Crippen molar-refractivity contribution in [2.45, 2.75) is 19.8 Å². The molecule has 3 aliphatic rings. The van der Waals surface area contributed by atoms with Crippen LogP contribution in [0.5, 0.6) is 0 Å². The molecule has 0 aromatic carbocycles. The van der Waals surface area contributed by atoms with E-state index in [-0.39, 0.29) is 13.2 Å². The molecule has 3 aliphatic heterocycles. The van der Waals surface area contributed by atoms with E-state index in [1.165, 1.54) is 5.70 Å². The smallest absolute Gasteiger partial charge is 0.147 e. The monoisotopic (exact) mass is 582 g/mol. The molecule has 41 heavy (non-hydrogen) atoms. The molecule has 3 rings (SSSR count). The molecule has 12 nitrogen and oxygen atoms in total. The number of hydrogen-bond acceptors (Lipinski definition) is 12. The summed E-state index contributed by atoms with van der Waals surface area (Å²) in [6, 6.07) is 0. The predicted octanol–water partition coefficient (Wildman–Crippen LogP) is -1.14. The molecule has 2 saturated heterocycles. The van der Waals surface area contributed by atoms with E-state index in [0.717, 1.165) is 143 Å². The molecule has 0 aromatic rings. The molecule has 0 aromatic heterocycles. The summed E-state index contributed by atoms with van der Waals surface area (Å²) in [5.74, 6) is 0.992. The maximum absolute atomic E-state index is 9.09. The van der Waals surface area contributed by atoms with E-state index in [4.69, 9.17) is 30.4 Å². The SMILES string of the molecule is CC1=C(N=CCN)N(CCOCCCN2CCN(CCO)CC2)CCN1CCOCCCN1CCN(CCO)CC1.